The molecule has 1 N–H and O–H groups in total. The third kappa shape index (κ3) is 2.49. The number of aromatic nitrogens is 1. The average Bonchev–Trinajstić information content (AvgIpc) is 2.65. The topological polar surface area (TPSA) is 55.5 Å². The average molecular weight is 205 g/mol. The fraction of sp³-hybridized carbons (Fsp3) is 0.182. The molecule has 1 aromatic heterocycles. The molecule has 1 heterocycles. The van der Waals surface area contributed by atoms with E-state index in [1.807, 2.05) is 13.0 Å². The largest absolute Gasteiger partial charge is 0.508 e. The molecule has 1 aromatic carbocycles. The minimum absolute atomic E-state index is 0.197. The smallest absolute Gasteiger partial charge is 0.174 e. The molecule has 0 aliphatic rings. The molecule has 15 heavy (non-hydrogen) atoms. The summed E-state index contributed by atoms with van der Waals surface area (Å²) in [5, 5.41) is 12.9. The lowest BCUT2D eigenvalue weighted by Gasteiger charge is -2.05. The van der Waals surface area contributed by atoms with Crippen LogP contribution in [-0.2, 0) is 6.61 Å². The third-order valence-corrected chi connectivity index (χ3v) is 1.91. The second kappa shape index (κ2) is 4.04. The number of aromatic hydroxyl groups is 1. The first-order valence-corrected chi connectivity index (χ1v) is 4.57. The highest BCUT2D eigenvalue weighted by atomic mass is 16.5. The number of phenolic OH excluding ortho intramolecular Hbond substituents is 1. The number of aryl methyl sites for hydroxylation is 1. The predicted octanol–water partition coefficient (Wildman–Crippen LogP) is 2.27. The second-order valence-electron chi connectivity index (χ2n) is 3.27. The van der Waals surface area contributed by atoms with E-state index in [4.69, 9.17) is 9.26 Å². The Kier molecular flexibility index (Phi) is 2.58. The molecule has 0 fully saturated rings. The van der Waals surface area contributed by atoms with E-state index in [-0.39, 0.29) is 5.75 Å². The fourth-order valence-electron chi connectivity index (χ4n) is 1.28. The van der Waals surface area contributed by atoms with Crippen molar-refractivity contribution in [3.05, 3.63) is 41.8 Å². The standard InChI is InChI=1S/C11H11NO3/c1-8-4-9(13)6-11(5-8)14-7-10-2-3-12-15-10/h2-6,13H,7H2,1H3. The van der Waals surface area contributed by atoms with E-state index in [1.165, 1.54) is 0 Å². The van der Waals surface area contributed by atoms with Crippen molar-refractivity contribution in [2.75, 3.05) is 0 Å². The molecule has 0 saturated carbocycles. The monoisotopic (exact) mass is 205 g/mol. The van der Waals surface area contributed by atoms with Gasteiger partial charge in [0, 0.05) is 12.1 Å². The lowest BCUT2D eigenvalue weighted by molar-refractivity contribution is 0.248. The van der Waals surface area contributed by atoms with Gasteiger partial charge in [-0.3, -0.25) is 0 Å². The van der Waals surface area contributed by atoms with E-state index in [9.17, 15) is 5.11 Å². The fourth-order valence-corrected chi connectivity index (χ4v) is 1.28. The Bertz CT molecular complexity index is 417. The zero-order valence-electron chi connectivity index (χ0n) is 8.30. The van der Waals surface area contributed by atoms with Gasteiger partial charge in [-0.05, 0) is 24.6 Å². The van der Waals surface area contributed by atoms with Crippen molar-refractivity contribution in [1.82, 2.24) is 5.16 Å². The summed E-state index contributed by atoms with van der Waals surface area (Å²) in [5.74, 6) is 1.46. The molecule has 2 rings (SSSR count). The number of nitrogens with zero attached hydrogens (tertiary/aromatic N) is 1. The van der Waals surface area contributed by atoms with E-state index in [0.29, 0.717) is 18.1 Å². The van der Waals surface area contributed by atoms with Gasteiger partial charge in [-0.15, -0.1) is 0 Å². The van der Waals surface area contributed by atoms with Gasteiger partial charge >= 0.3 is 0 Å². The molecule has 0 radical (unpaired) electrons. The van der Waals surface area contributed by atoms with Gasteiger partial charge in [-0.25, -0.2) is 0 Å². The van der Waals surface area contributed by atoms with Crippen LogP contribution in [-0.4, -0.2) is 10.3 Å². The summed E-state index contributed by atoms with van der Waals surface area (Å²) in [4.78, 5) is 0. The summed E-state index contributed by atoms with van der Waals surface area (Å²) in [5.41, 5.74) is 0.947. The molecule has 4 heteroatoms. The normalized spacial score (nSPS) is 10.2. The Labute approximate surface area is 87.1 Å². The van der Waals surface area contributed by atoms with E-state index < -0.39 is 0 Å². The number of hydrogen-bond donors (Lipinski definition) is 1. The van der Waals surface area contributed by atoms with Crippen molar-refractivity contribution in [2.24, 2.45) is 0 Å². The SMILES string of the molecule is Cc1cc(O)cc(OCc2ccno2)c1. The number of hydrogen-bond acceptors (Lipinski definition) is 4. The van der Waals surface area contributed by atoms with Crippen LogP contribution in [0.15, 0.2) is 35.0 Å². The Balaban J connectivity index is 2.05. The van der Waals surface area contributed by atoms with E-state index in [1.54, 1.807) is 24.4 Å². The Morgan fingerprint density at radius 3 is 2.93 bits per heavy atom. The number of ether oxygens (including phenoxy) is 1. The van der Waals surface area contributed by atoms with E-state index >= 15 is 0 Å². The van der Waals surface area contributed by atoms with Crippen molar-refractivity contribution >= 4 is 0 Å². The molecule has 0 spiro atoms. The molecule has 0 atom stereocenters. The summed E-state index contributed by atoms with van der Waals surface area (Å²) in [7, 11) is 0. The predicted molar refractivity (Wildman–Crippen MR) is 53.7 cm³/mol. The summed E-state index contributed by atoms with van der Waals surface area (Å²) in [6, 6.07) is 6.80. The molecular weight excluding hydrogens is 194 g/mol. The first kappa shape index (κ1) is 9.58. The van der Waals surface area contributed by atoms with Crippen LogP contribution < -0.4 is 4.74 Å². The Hall–Kier alpha value is -1.97. The maximum Gasteiger partial charge on any atom is 0.174 e. The van der Waals surface area contributed by atoms with Crippen LogP contribution in [0.4, 0.5) is 0 Å². The molecule has 0 aliphatic heterocycles. The lowest BCUT2D eigenvalue weighted by atomic mass is 10.2. The molecular formula is C11H11NO3. The number of rotatable bonds is 3. The number of benzene rings is 1. The molecule has 0 aliphatic carbocycles. The van der Waals surface area contributed by atoms with Crippen molar-refractivity contribution in [3.8, 4) is 11.5 Å². The highest BCUT2D eigenvalue weighted by Crippen LogP contribution is 2.21. The van der Waals surface area contributed by atoms with Crippen LogP contribution in [0.2, 0.25) is 0 Å². The number of phenols is 1. The van der Waals surface area contributed by atoms with Gasteiger partial charge in [0.05, 0.1) is 6.20 Å². The molecule has 78 valence electrons. The summed E-state index contributed by atoms with van der Waals surface area (Å²) < 4.78 is 10.3. The molecule has 0 unspecified atom stereocenters. The van der Waals surface area contributed by atoms with Crippen molar-refractivity contribution in [2.45, 2.75) is 13.5 Å². The van der Waals surface area contributed by atoms with Crippen LogP contribution in [0.3, 0.4) is 0 Å². The van der Waals surface area contributed by atoms with Gasteiger partial charge in [0.25, 0.3) is 0 Å². The van der Waals surface area contributed by atoms with Crippen molar-refractivity contribution in [1.29, 1.82) is 0 Å². The van der Waals surface area contributed by atoms with Gasteiger partial charge in [0.1, 0.15) is 18.1 Å². The summed E-state index contributed by atoms with van der Waals surface area (Å²) in [6.45, 7) is 2.20. The lowest BCUT2D eigenvalue weighted by Crippen LogP contribution is -1.93. The minimum Gasteiger partial charge on any atom is -0.508 e. The zero-order chi connectivity index (χ0) is 10.7. The van der Waals surface area contributed by atoms with Gasteiger partial charge in [0.15, 0.2) is 5.76 Å². The third-order valence-electron chi connectivity index (χ3n) is 1.91. The van der Waals surface area contributed by atoms with Crippen LogP contribution in [0.5, 0.6) is 11.5 Å². The first-order chi connectivity index (χ1) is 7.24. The highest BCUT2D eigenvalue weighted by Gasteiger charge is 2.01. The van der Waals surface area contributed by atoms with Gasteiger partial charge in [-0.2, -0.15) is 0 Å². The Morgan fingerprint density at radius 2 is 2.27 bits per heavy atom. The molecule has 0 amide bonds. The maximum absolute atomic E-state index is 9.34. The first-order valence-electron chi connectivity index (χ1n) is 4.57. The minimum atomic E-state index is 0.197. The van der Waals surface area contributed by atoms with Crippen LogP contribution in [0.25, 0.3) is 0 Å². The summed E-state index contributed by atoms with van der Waals surface area (Å²) in [6.07, 6.45) is 1.56. The van der Waals surface area contributed by atoms with Crippen molar-refractivity contribution in [3.63, 3.8) is 0 Å². The van der Waals surface area contributed by atoms with Crippen LogP contribution in [0.1, 0.15) is 11.3 Å². The molecule has 2 aromatic rings. The molecule has 4 nitrogen and oxygen atoms in total. The molecule has 0 bridgehead atoms. The maximum atomic E-state index is 9.34. The highest BCUT2D eigenvalue weighted by molar-refractivity contribution is 5.36. The second-order valence-corrected chi connectivity index (χ2v) is 3.27. The summed E-state index contributed by atoms with van der Waals surface area (Å²) >= 11 is 0. The molecule has 0 saturated heterocycles. The van der Waals surface area contributed by atoms with Gasteiger partial charge in [-0.1, -0.05) is 5.16 Å². The quantitative estimate of drug-likeness (QED) is 0.835. The van der Waals surface area contributed by atoms with Gasteiger partial charge < -0.3 is 14.4 Å². The zero-order valence-corrected chi connectivity index (χ0v) is 8.30. The Morgan fingerprint density at radius 1 is 1.40 bits per heavy atom. The van der Waals surface area contributed by atoms with E-state index in [2.05, 4.69) is 5.16 Å². The van der Waals surface area contributed by atoms with Crippen LogP contribution in [0, 0.1) is 6.92 Å². The van der Waals surface area contributed by atoms with Crippen LogP contribution >= 0.6 is 0 Å². The van der Waals surface area contributed by atoms with Crippen molar-refractivity contribution < 1.29 is 14.4 Å². The van der Waals surface area contributed by atoms with E-state index in [0.717, 1.165) is 5.56 Å². The van der Waals surface area contributed by atoms with Gasteiger partial charge in [0.2, 0.25) is 0 Å².